The van der Waals surface area contributed by atoms with Gasteiger partial charge in [0.15, 0.2) is 17.5 Å². The van der Waals surface area contributed by atoms with Crippen molar-refractivity contribution in [2.75, 3.05) is 0 Å². The average Bonchev–Trinajstić information content (AvgIpc) is 3.58. The molecule has 0 aliphatic heterocycles. The predicted octanol–water partition coefficient (Wildman–Crippen LogP) is 9.07. The Bertz CT molecular complexity index is 2370. The lowest BCUT2D eigenvalue weighted by atomic mass is 9.82. The van der Waals surface area contributed by atoms with Gasteiger partial charge in [0.05, 0.1) is 16.6 Å². The topological polar surface area (TPSA) is 69.4 Å². The molecule has 8 aromatic rings. The quantitative estimate of drug-likeness (QED) is 0.204. The van der Waals surface area contributed by atoms with Crippen LogP contribution in [0.4, 0.5) is 0 Å². The van der Waals surface area contributed by atoms with Crippen LogP contribution in [0.3, 0.4) is 0 Å². The van der Waals surface area contributed by atoms with E-state index in [1.807, 2.05) is 73.1 Å². The van der Waals surface area contributed by atoms with Crippen molar-refractivity contribution in [2.45, 2.75) is 19.3 Å². The van der Waals surface area contributed by atoms with E-state index in [-0.39, 0.29) is 5.41 Å². The van der Waals surface area contributed by atoms with Crippen molar-refractivity contribution in [3.8, 4) is 51.2 Å². The van der Waals surface area contributed by atoms with Crippen LogP contribution in [0.25, 0.3) is 73.0 Å². The van der Waals surface area contributed by atoms with Gasteiger partial charge in [-0.05, 0) is 34.4 Å². The highest BCUT2D eigenvalue weighted by atomic mass is 15.2. The van der Waals surface area contributed by atoms with Gasteiger partial charge in [-0.2, -0.15) is 0 Å². The molecule has 1 aliphatic carbocycles. The Kier molecular flexibility index (Phi) is 5.74. The Morgan fingerprint density at radius 1 is 0.500 bits per heavy atom. The number of hydrogen-bond acceptors (Lipinski definition) is 5. The van der Waals surface area contributed by atoms with Gasteiger partial charge in [-0.3, -0.25) is 4.57 Å². The summed E-state index contributed by atoms with van der Waals surface area (Å²) in [6.45, 7) is 4.64. The lowest BCUT2D eigenvalue weighted by Gasteiger charge is -2.21. The van der Waals surface area contributed by atoms with Crippen molar-refractivity contribution in [3.05, 3.63) is 145 Å². The van der Waals surface area contributed by atoms with Gasteiger partial charge in [0, 0.05) is 39.7 Å². The average molecular weight is 593 g/mol. The van der Waals surface area contributed by atoms with Crippen LogP contribution in [0.1, 0.15) is 25.0 Å². The zero-order valence-electron chi connectivity index (χ0n) is 25.4. The Morgan fingerprint density at radius 3 is 1.74 bits per heavy atom. The summed E-state index contributed by atoms with van der Waals surface area (Å²) in [5.74, 6) is 2.33. The first-order valence-corrected chi connectivity index (χ1v) is 15.4. The molecule has 0 bridgehead atoms. The van der Waals surface area contributed by atoms with Gasteiger partial charge in [0.25, 0.3) is 0 Å². The van der Waals surface area contributed by atoms with Crippen molar-refractivity contribution >= 4 is 21.8 Å². The molecule has 5 aromatic carbocycles. The standard InChI is InChI=1S/C40H28N6/c1-40(2)30-19-11-9-17-28(30)34-31(40)21-22-33-35(34)29-18-10-12-20-32(29)46(33)39-41-23-27(24-42-39)38-44-36(25-13-5-3-6-14-25)43-37(45-38)26-15-7-4-8-16-26/h3-24H,1-2H3. The molecular weight excluding hydrogens is 564 g/mol. The van der Waals surface area contributed by atoms with E-state index < -0.39 is 0 Å². The maximum atomic E-state index is 4.92. The van der Waals surface area contributed by atoms with Crippen LogP contribution in [0.5, 0.6) is 0 Å². The fourth-order valence-electron chi connectivity index (χ4n) is 6.96. The van der Waals surface area contributed by atoms with Crippen molar-refractivity contribution in [3.63, 3.8) is 0 Å². The third kappa shape index (κ3) is 3.93. The molecule has 1 aliphatic rings. The minimum Gasteiger partial charge on any atom is -0.278 e. The Morgan fingerprint density at radius 2 is 1.07 bits per heavy atom. The molecule has 0 atom stereocenters. The summed E-state index contributed by atoms with van der Waals surface area (Å²) in [6.07, 6.45) is 3.63. The molecule has 0 N–H and O–H groups in total. The molecule has 0 fully saturated rings. The van der Waals surface area contributed by atoms with E-state index in [1.54, 1.807) is 0 Å². The molecule has 0 amide bonds. The van der Waals surface area contributed by atoms with E-state index in [1.165, 1.54) is 33.0 Å². The molecule has 0 saturated carbocycles. The van der Waals surface area contributed by atoms with Gasteiger partial charge in [-0.1, -0.05) is 123 Å². The number of benzene rings is 5. The third-order valence-corrected chi connectivity index (χ3v) is 9.18. The van der Waals surface area contributed by atoms with E-state index in [0.717, 1.165) is 27.7 Å². The fraction of sp³-hybridized carbons (Fsp3) is 0.0750. The summed E-state index contributed by atoms with van der Waals surface area (Å²) < 4.78 is 2.17. The number of hydrogen-bond donors (Lipinski definition) is 0. The first-order chi connectivity index (χ1) is 22.6. The first-order valence-electron chi connectivity index (χ1n) is 15.4. The summed E-state index contributed by atoms with van der Waals surface area (Å²) in [7, 11) is 0. The molecule has 9 rings (SSSR count). The van der Waals surface area contributed by atoms with Crippen LogP contribution >= 0.6 is 0 Å². The Balaban J connectivity index is 1.21. The van der Waals surface area contributed by atoms with Gasteiger partial charge >= 0.3 is 0 Å². The SMILES string of the molecule is CC1(C)c2ccccc2-c2c1ccc1c2c2ccccc2n1-c1ncc(-c2nc(-c3ccccc3)nc(-c3ccccc3)n2)cn1. The number of para-hydroxylation sites is 1. The molecule has 0 spiro atoms. The first kappa shape index (κ1) is 26.4. The van der Waals surface area contributed by atoms with Gasteiger partial charge in [-0.15, -0.1) is 0 Å². The van der Waals surface area contributed by atoms with Gasteiger partial charge in [0.1, 0.15) is 0 Å². The summed E-state index contributed by atoms with van der Waals surface area (Å²) in [6, 6.07) is 41.8. The minimum atomic E-state index is -0.0801. The van der Waals surface area contributed by atoms with E-state index in [4.69, 9.17) is 24.9 Å². The van der Waals surface area contributed by atoms with Crippen molar-refractivity contribution < 1.29 is 0 Å². The fourth-order valence-corrected chi connectivity index (χ4v) is 6.96. The molecule has 6 heteroatoms. The van der Waals surface area contributed by atoms with Gasteiger partial charge < -0.3 is 0 Å². The second-order valence-electron chi connectivity index (χ2n) is 12.2. The molecule has 6 nitrogen and oxygen atoms in total. The predicted molar refractivity (Wildman–Crippen MR) is 184 cm³/mol. The van der Waals surface area contributed by atoms with E-state index >= 15 is 0 Å². The van der Waals surface area contributed by atoms with Crippen molar-refractivity contribution in [2.24, 2.45) is 0 Å². The molecule has 0 radical (unpaired) electrons. The molecule has 218 valence electrons. The van der Waals surface area contributed by atoms with Crippen LogP contribution in [0, 0.1) is 0 Å². The Hall–Kier alpha value is -6.01. The third-order valence-electron chi connectivity index (χ3n) is 9.18. The summed E-state index contributed by atoms with van der Waals surface area (Å²) in [5.41, 5.74) is 9.93. The van der Waals surface area contributed by atoms with Crippen LogP contribution < -0.4 is 0 Å². The van der Waals surface area contributed by atoms with Crippen molar-refractivity contribution in [1.82, 2.24) is 29.5 Å². The molecule has 46 heavy (non-hydrogen) atoms. The molecule has 3 heterocycles. The summed E-state index contributed by atoms with van der Waals surface area (Å²) in [5, 5.41) is 2.42. The maximum Gasteiger partial charge on any atom is 0.234 e. The molecule has 0 unspecified atom stereocenters. The van der Waals surface area contributed by atoms with Crippen LogP contribution in [0.2, 0.25) is 0 Å². The highest BCUT2D eigenvalue weighted by Gasteiger charge is 2.37. The van der Waals surface area contributed by atoms with Gasteiger partial charge in [-0.25, -0.2) is 24.9 Å². The molecular formula is C40H28N6. The number of rotatable bonds is 4. The smallest absolute Gasteiger partial charge is 0.234 e. The van der Waals surface area contributed by atoms with E-state index in [2.05, 4.69) is 79.1 Å². The Labute approximate surface area is 266 Å². The van der Waals surface area contributed by atoms with E-state index in [0.29, 0.717) is 23.4 Å². The van der Waals surface area contributed by atoms with Gasteiger partial charge in [0.2, 0.25) is 5.95 Å². The van der Waals surface area contributed by atoms with Crippen LogP contribution in [-0.4, -0.2) is 29.5 Å². The summed E-state index contributed by atoms with van der Waals surface area (Å²) in [4.78, 5) is 24.4. The van der Waals surface area contributed by atoms with Crippen LogP contribution in [-0.2, 0) is 5.41 Å². The maximum absolute atomic E-state index is 4.92. The largest absolute Gasteiger partial charge is 0.278 e. The van der Waals surface area contributed by atoms with Crippen molar-refractivity contribution in [1.29, 1.82) is 0 Å². The van der Waals surface area contributed by atoms with E-state index in [9.17, 15) is 0 Å². The number of aromatic nitrogens is 6. The number of nitrogens with zero attached hydrogens (tertiary/aromatic N) is 6. The highest BCUT2D eigenvalue weighted by Crippen LogP contribution is 2.52. The monoisotopic (exact) mass is 592 g/mol. The zero-order chi connectivity index (χ0) is 30.8. The zero-order valence-corrected chi connectivity index (χ0v) is 25.4. The lowest BCUT2D eigenvalue weighted by molar-refractivity contribution is 0.661. The highest BCUT2D eigenvalue weighted by molar-refractivity contribution is 6.17. The molecule has 0 saturated heterocycles. The molecule has 3 aromatic heterocycles. The minimum absolute atomic E-state index is 0.0801. The van der Waals surface area contributed by atoms with Crippen LogP contribution in [0.15, 0.2) is 134 Å². The number of fused-ring (bicyclic) bond motifs is 7. The second-order valence-corrected chi connectivity index (χ2v) is 12.2. The normalized spacial score (nSPS) is 13.2. The summed E-state index contributed by atoms with van der Waals surface area (Å²) >= 11 is 0. The lowest BCUT2D eigenvalue weighted by Crippen LogP contribution is -2.14. The second kappa shape index (κ2) is 10.0.